The highest BCUT2D eigenvalue weighted by Gasteiger charge is 2.38. The van der Waals surface area contributed by atoms with Crippen molar-refractivity contribution in [2.45, 2.75) is 51.1 Å². The molecule has 1 aliphatic carbocycles. The predicted octanol–water partition coefficient (Wildman–Crippen LogP) is 2.24. The van der Waals surface area contributed by atoms with Crippen LogP contribution in [0.1, 0.15) is 44.6 Å². The lowest BCUT2D eigenvalue weighted by atomic mass is 9.80. The molecule has 1 aromatic heterocycles. The zero-order valence-electron chi connectivity index (χ0n) is 18.4. The van der Waals surface area contributed by atoms with E-state index in [2.05, 4.69) is 33.5 Å². The fraction of sp³-hybridized carbons (Fsp3) is 0.727. The third-order valence-corrected chi connectivity index (χ3v) is 6.09. The van der Waals surface area contributed by atoms with E-state index in [0.29, 0.717) is 6.54 Å². The first-order chi connectivity index (χ1) is 14.1. The molecule has 0 unspecified atom stereocenters. The highest BCUT2D eigenvalue weighted by atomic mass is 16.5. The van der Waals surface area contributed by atoms with Gasteiger partial charge in [0.25, 0.3) is 0 Å². The molecule has 1 saturated carbocycles. The van der Waals surface area contributed by atoms with Gasteiger partial charge in [0.2, 0.25) is 0 Å². The monoisotopic (exact) mass is 402 g/mol. The minimum atomic E-state index is 0.224. The van der Waals surface area contributed by atoms with Crippen molar-refractivity contribution >= 4 is 11.8 Å². The number of morpholine rings is 1. The standard InChI is InChI=1S/C22H38N6O/c1-4-23-21(25-17-19-9-8-12-24-20(19)27(2)3)26-18-22(10-6-5-7-11-22)28-13-15-29-16-14-28/h8-9,12H,4-7,10-11,13-18H2,1-3H3,(H2,23,25,26). The maximum Gasteiger partial charge on any atom is 0.191 e. The van der Waals surface area contributed by atoms with Crippen molar-refractivity contribution in [2.24, 2.45) is 4.99 Å². The van der Waals surface area contributed by atoms with Gasteiger partial charge in [0.05, 0.1) is 19.8 Å². The van der Waals surface area contributed by atoms with Gasteiger partial charge in [-0.3, -0.25) is 4.90 Å². The van der Waals surface area contributed by atoms with Gasteiger partial charge in [-0.05, 0) is 25.8 Å². The number of hydrogen-bond donors (Lipinski definition) is 2. The van der Waals surface area contributed by atoms with Gasteiger partial charge in [0, 0.05) is 57.6 Å². The second kappa shape index (κ2) is 10.8. The molecule has 0 bridgehead atoms. The van der Waals surface area contributed by atoms with Gasteiger partial charge in [0.1, 0.15) is 5.82 Å². The summed E-state index contributed by atoms with van der Waals surface area (Å²) < 4.78 is 5.61. The molecule has 1 saturated heterocycles. The molecule has 7 nitrogen and oxygen atoms in total. The topological polar surface area (TPSA) is 65.0 Å². The van der Waals surface area contributed by atoms with Crippen molar-refractivity contribution < 1.29 is 4.74 Å². The smallest absolute Gasteiger partial charge is 0.191 e. The summed E-state index contributed by atoms with van der Waals surface area (Å²) in [5.41, 5.74) is 1.36. The van der Waals surface area contributed by atoms with Gasteiger partial charge in [0.15, 0.2) is 5.96 Å². The molecule has 2 N–H and O–H groups in total. The number of aromatic nitrogens is 1. The van der Waals surface area contributed by atoms with E-state index < -0.39 is 0 Å². The van der Waals surface area contributed by atoms with Gasteiger partial charge in [-0.15, -0.1) is 0 Å². The fourth-order valence-corrected chi connectivity index (χ4v) is 4.56. The largest absolute Gasteiger partial charge is 0.379 e. The van der Waals surface area contributed by atoms with Crippen molar-refractivity contribution in [2.75, 3.05) is 58.4 Å². The van der Waals surface area contributed by atoms with Crippen LogP contribution in [0.3, 0.4) is 0 Å². The Kier molecular flexibility index (Phi) is 8.12. The summed E-state index contributed by atoms with van der Waals surface area (Å²) in [6.07, 6.45) is 8.33. The van der Waals surface area contributed by atoms with Gasteiger partial charge in [-0.2, -0.15) is 0 Å². The van der Waals surface area contributed by atoms with E-state index in [0.717, 1.165) is 56.7 Å². The van der Waals surface area contributed by atoms with Crippen molar-refractivity contribution in [1.29, 1.82) is 0 Å². The average Bonchev–Trinajstić information content (AvgIpc) is 2.77. The van der Waals surface area contributed by atoms with Gasteiger partial charge >= 0.3 is 0 Å². The third kappa shape index (κ3) is 5.82. The van der Waals surface area contributed by atoms with E-state index in [1.54, 1.807) is 0 Å². The summed E-state index contributed by atoms with van der Waals surface area (Å²) in [5.74, 6) is 1.86. The summed E-state index contributed by atoms with van der Waals surface area (Å²) in [7, 11) is 4.04. The van der Waals surface area contributed by atoms with Crippen molar-refractivity contribution in [3.05, 3.63) is 23.9 Å². The number of ether oxygens (including phenoxy) is 1. The van der Waals surface area contributed by atoms with Crippen molar-refractivity contribution in [1.82, 2.24) is 20.5 Å². The SMILES string of the molecule is CCNC(=NCc1cccnc1N(C)C)NCC1(N2CCOCC2)CCCCC1. The van der Waals surface area contributed by atoms with Crippen molar-refractivity contribution in [3.8, 4) is 0 Å². The molecule has 0 amide bonds. The summed E-state index contributed by atoms with van der Waals surface area (Å²) in [4.78, 5) is 14.1. The first-order valence-electron chi connectivity index (χ1n) is 11.1. The Morgan fingerprint density at radius 2 is 1.97 bits per heavy atom. The summed E-state index contributed by atoms with van der Waals surface area (Å²) >= 11 is 0. The van der Waals surface area contributed by atoms with Crippen LogP contribution in [0, 0.1) is 0 Å². The summed E-state index contributed by atoms with van der Waals surface area (Å²) in [6.45, 7) is 8.30. The van der Waals surface area contributed by atoms with Crippen LogP contribution in [0.15, 0.2) is 23.3 Å². The Morgan fingerprint density at radius 1 is 1.21 bits per heavy atom. The molecule has 29 heavy (non-hydrogen) atoms. The molecular weight excluding hydrogens is 364 g/mol. The molecular formula is C22H38N6O. The summed E-state index contributed by atoms with van der Waals surface area (Å²) in [5, 5.41) is 7.09. The second-order valence-corrected chi connectivity index (χ2v) is 8.31. The van der Waals surface area contributed by atoms with Crippen LogP contribution in [0.5, 0.6) is 0 Å². The molecule has 0 atom stereocenters. The maximum atomic E-state index is 5.61. The minimum Gasteiger partial charge on any atom is -0.379 e. The number of pyridine rings is 1. The number of aliphatic imine (C=N–C) groups is 1. The molecule has 0 spiro atoms. The number of hydrogen-bond acceptors (Lipinski definition) is 5. The zero-order valence-corrected chi connectivity index (χ0v) is 18.4. The van der Waals surface area contributed by atoms with Crippen LogP contribution in [0.2, 0.25) is 0 Å². The normalized spacial score (nSPS) is 20.3. The molecule has 3 rings (SSSR count). The quantitative estimate of drug-likeness (QED) is 0.539. The van der Waals surface area contributed by atoms with Crippen LogP contribution in [0.4, 0.5) is 5.82 Å². The molecule has 1 aliphatic heterocycles. The Morgan fingerprint density at radius 3 is 2.66 bits per heavy atom. The number of guanidine groups is 1. The van der Waals surface area contributed by atoms with Gasteiger partial charge < -0.3 is 20.3 Å². The number of rotatable bonds is 7. The second-order valence-electron chi connectivity index (χ2n) is 8.31. The third-order valence-electron chi connectivity index (χ3n) is 6.09. The molecule has 162 valence electrons. The Labute approximate surface area is 175 Å². The zero-order chi connectivity index (χ0) is 20.5. The van der Waals surface area contributed by atoms with E-state index in [-0.39, 0.29) is 5.54 Å². The van der Waals surface area contributed by atoms with Crippen molar-refractivity contribution in [3.63, 3.8) is 0 Å². The predicted molar refractivity (Wildman–Crippen MR) is 120 cm³/mol. The van der Waals surface area contributed by atoms with Crippen LogP contribution < -0.4 is 15.5 Å². The first kappa shape index (κ1) is 21.8. The van der Waals surface area contributed by atoms with Gasteiger partial charge in [-0.25, -0.2) is 9.98 Å². The first-order valence-corrected chi connectivity index (χ1v) is 11.1. The Hall–Kier alpha value is -1.86. The lowest BCUT2D eigenvalue weighted by molar-refractivity contribution is -0.0352. The molecule has 2 aliphatic rings. The Balaban J connectivity index is 1.69. The molecule has 2 heterocycles. The van der Waals surface area contributed by atoms with E-state index in [9.17, 15) is 0 Å². The minimum absolute atomic E-state index is 0.224. The fourth-order valence-electron chi connectivity index (χ4n) is 4.56. The number of anilines is 1. The molecule has 7 heteroatoms. The molecule has 0 radical (unpaired) electrons. The number of nitrogens with zero attached hydrogens (tertiary/aromatic N) is 4. The van der Waals surface area contributed by atoms with Crippen LogP contribution in [0.25, 0.3) is 0 Å². The highest BCUT2D eigenvalue weighted by molar-refractivity contribution is 5.80. The lowest BCUT2D eigenvalue weighted by Gasteiger charge is -2.48. The molecule has 1 aromatic rings. The van der Waals surface area contributed by atoms with Crippen LogP contribution >= 0.6 is 0 Å². The Bertz CT molecular complexity index is 650. The van der Waals surface area contributed by atoms with E-state index >= 15 is 0 Å². The van der Waals surface area contributed by atoms with Crippen LogP contribution in [-0.2, 0) is 11.3 Å². The van der Waals surface area contributed by atoms with E-state index in [1.807, 2.05) is 31.3 Å². The maximum absolute atomic E-state index is 5.61. The van der Waals surface area contributed by atoms with Gasteiger partial charge in [-0.1, -0.05) is 25.3 Å². The van der Waals surface area contributed by atoms with Crippen LogP contribution in [-0.4, -0.2) is 74.9 Å². The molecule has 0 aromatic carbocycles. The number of nitrogens with one attached hydrogen (secondary N) is 2. The van der Waals surface area contributed by atoms with E-state index in [1.165, 1.54) is 32.1 Å². The van der Waals surface area contributed by atoms with E-state index in [4.69, 9.17) is 9.73 Å². The molecule has 2 fully saturated rings. The highest BCUT2D eigenvalue weighted by Crippen LogP contribution is 2.33. The lowest BCUT2D eigenvalue weighted by Crippen LogP contribution is -2.60. The average molecular weight is 403 g/mol. The summed E-state index contributed by atoms with van der Waals surface area (Å²) in [6, 6.07) is 4.08.